The van der Waals surface area contributed by atoms with Gasteiger partial charge in [0.25, 0.3) is 15.9 Å². The zero-order chi connectivity index (χ0) is 20.9. The summed E-state index contributed by atoms with van der Waals surface area (Å²) in [5, 5.41) is 2.76. The summed E-state index contributed by atoms with van der Waals surface area (Å²) < 4.78 is 34.1. The Morgan fingerprint density at radius 1 is 0.966 bits per heavy atom. The largest absolute Gasteiger partial charge is 0.492 e. The van der Waals surface area contributed by atoms with E-state index in [4.69, 9.17) is 4.74 Å². The van der Waals surface area contributed by atoms with Crippen molar-refractivity contribution >= 4 is 27.3 Å². The van der Waals surface area contributed by atoms with Crippen molar-refractivity contribution in [1.82, 2.24) is 0 Å². The Labute approximate surface area is 170 Å². The zero-order valence-corrected chi connectivity index (χ0v) is 17.0. The lowest BCUT2D eigenvalue weighted by Crippen LogP contribution is -2.17. The van der Waals surface area contributed by atoms with Gasteiger partial charge in [0.1, 0.15) is 5.75 Å². The second-order valence-electron chi connectivity index (χ2n) is 6.34. The number of hydrogen-bond acceptors (Lipinski definition) is 4. The highest BCUT2D eigenvalue weighted by molar-refractivity contribution is 7.92. The number of anilines is 2. The van der Waals surface area contributed by atoms with Crippen LogP contribution in [0.5, 0.6) is 5.75 Å². The number of aryl methyl sites for hydroxylation is 1. The first-order valence-corrected chi connectivity index (χ1v) is 10.6. The maximum atomic E-state index is 13.0. The molecule has 2 N–H and O–H groups in total. The molecule has 0 spiro atoms. The van der Waals surface area contributed by atoms with Crippen molar-refractivity contribution in [1.29, 1.82) is 0 Å². The SMILES string of the molecule is CCOc1ccccc1NS(=O)(=O)c1cc(C(=O)Nc2ccccc2)ccc1C. The molecule has 0 bridgehead atoms. The molecule has 0 aliphatic rings. The van der Waals surface area contributed by atoms with Crippen LogP contribution in [0.2, 0.25) is 0 Å². The van der Waals surface area contributed by atoms with Crippen molar-refractivity contribution < 1.29 is 17.9 Å². The Kier molecular flexibility index (Phi) is 6.19. The molecular formula is C22H22N2O4S. The van der Waals surface area contributed by atoms with Crippen LogP contribution in [0.25, 0.3) is 0 Å². The van der Waals surface area contributed by atoms with Crippen LogP contribution in [-0.4, -0.2) is 20.9 Å². The number of para-hydroxylation sites is 3. The fourth-order valence-electron chi connectivity index (χ4n) is 2.79. The quantitative estimate of drug-likeness (QED) is 0.603. The number of amides is 1. The van der Waals surface area contributed by atoms with Gasteiger partial charge in [-0.3, -0.25) is 9.52 Å². The van der Waals surface area contributed by atoms with Gasteiger partial charge in [-0.25, -0.2) is 8.42 Å². The summed E-state index contributed by atoms with van der Waals surface area (Å²) in [6, 6.07) is 20.4. The number of rotatable bonds is 7. The second-order valence-corrected chi connectivity index (χ2v) is 7.99. The Hall–Kier alpha value is -3.32. The fraction of sp³-hybridized carbons (Fsp3) is 0.136. The van der Waals surface area contributed by atoms with Crippen LogP contribution in [-0.2, 0) is 10.0 Å². The molecule has 0 aliphatic heterocycles. The maximum absolute atomic E-state index is 13.0. The van der Waals surface area contributed by atoms with E-state index in [1.807, 2.05) is 13.0 Å². The van der Waals surface area contributed by atoms with Gasteiger partial charge in [-0.15, -0.1) is 0 Å². The molecule has 0 aliphatic carbocycles. The smallest absolute Gasteiger partial charge is 0.262 e. The summed E-state index contributed by atoms with van der Waals surface area (Å²) in [6.07, 6.45) is 0. The summed E-state index contributed by atoms with van der Waals surface area (Å²) in [6.45, 7) is 3.92. The van der Waals surface area contributed by atoms with E-state index in [0.717, 1.165) is 0 Å². The molecule has 6 nitrogen and oxygen atoms in total. The van der Waals surface area contributed by atoms with Gasteiger partial charge >= 0.3 is 0 Å². The van der Waals surface area contributed by atoms with Gasteiger partial charge in [-0.2, -0.15) is 0 Å². The highest BCUT2D eigenvalue weighted by Crippen LogP contribution is 2.28. The number of benzene rings is 3. The Bertz CT molecular complexity index is 1110. The number of sulfonamides is 1. The zero-order valence-electron chi connectivity index (χ0n) is 16.2. The number of ether oxygens (including phenoxy) is 1. The van der Waals surface area contributed by atoms with E-state index in [0.29, 0.717) is 29.3 Å². The third-order valence-corrected chi connectivity index (χ3v) is 5.71. The lowest BCUT2D eigenvalue weighted by molar-refractivity contribution is 0.102. The predicted octanol–water partition coefficient (Wildman–Crippen LogP) is 4.45. The Morgan fingerprint density at radius 2 is 1.66 bits per heavy atom. The molecule has 7 heteroatoms. The van der Waals surface area contributed by atoms with E-state index in [9.17, 15) is 13.2 Å². The van der Waals surface area contributed by atoms with E-state index in [1.165, 1.54) is 6.07 Å². The second kappa shape index (κ2) is 8.79. The number of carbonyl (C=O) groups is 1. The van der Waals surface area contributed by atoms with Gasteiger partial charge in [0.15, 0.2) is 0 Å². The number of carbonyl (C=O) groups excluding carboxylic acids is 1. The van der Waals surface area contributed by atoms with Gasteiger partial charge in [0, 0.05) is 11.3 Å². The molecule has 3 rings (SSSR count). The van der Waals surface area contributed by atoms with E-state index in [1.54, 1.807) is 67.6 Å². The average Bonchev–Trinajstić information content (AvgIpc) is 2.70. The molecular weight excluding hydrogens is 388 g/mol. The first-order valence-electron chi connectivity index (χ1n) is 9.12. The molecule has 1 amide bonds. The van der Waals surface area contributed by atoms with Crippen LogP contribution >= 0.6 is 0 Å². The Balaban J connectivity index is 1.90. The van der Waals surface area contributed by atoms with E-state index in [2.05, 4.69) is 10.0 Å². The first kappa shape index (κ1) is 20.4. The van der Waals surface area contributed by atoms with Gasteiger partial charge in [-0.05, 0) is 55.8 Å². The topological polar surface area (TPSA) is 84.5 Å². The van der Waals surface area contributed by atoms with E-state index >= 15 is 0 Å². The summed E-state index contributed by atoms with van der Waals surface area (Å²) in [4.78, 5) is 12.6. The third kappa shape index (κ3) is 4.94. The molecule has 0 atom stereocenters. The molecule has 3 aromatic carbocycles. The van der Waals surface area contributed by atoms with Gasteiger partial charge < -0.3 is 10.1 Å². The molecule has 0 radical (unpaired) electrons. The monoisotopic (exact) mass is 410 g/mol. The third-order valence-electron chi connectivity index (χ3n) is 4.20. The minimum Gasteiger partial charge on any atom is -0.492 e. The maximum Gasteiger partial charge on any atom is 0.262 e. The summed E-state index contributed by atoms with van der Waals surface area (Å²) in [7, 11) is -3.92. The van der Waals surface area contributed by atoms with E-state index < -0.39 is 10.0 Å². The standard InChI is InChI=1S/C22H22N2O4S/c1-3-28-20-12-8-7-11-19(20)24-29(26,27)21-15-17(14-13-16(21)2)22(25)23-18-9-5-4-6-10-18/h4-15,24H,3H2,1-2H3,(H,23,25). The normalized spacial score (nSPS) is 11.0. The predicted molar refractivity (Wildman–Crippen MR) is 114 cm³/mol. The van der Waals surface area contributed by atoms with Crippen LogP contribution < -0.4 is 14.8 Å². The Morgan fingerprint density at radius 3 is 2.38 bits per heavy atom. The van der Waals surface area contributed by atoms with Crippen LogP contribution in [0.3, 0.4) is 0 Å². The molecule has 0 heterocycles. The molecule has 150 valence electrons. The van der Waals surface area contributed by atoms with Crippen molar-refractivity contribution in [2.75, 3.05) is 16.6 Å². The first-order chi connectivity index (χ1) is 13.9. The minimum atomic E-state index is -3.92. The molecule has 29 heavy (non-hydrogen) atoms. The van der Waals surface area contributed by atoms with Crippen molar-refractivity contribution in [2.24, 2.45) is 0 Å². The van der Waals surface area contributed by atoms with Gasteiger partial charge in [0.2, 0.25) is 0 Å². The fourth-order valence-corrected chi connectivity index (χ4v) is 4.13. The van der Waals surface area contributed by atoms with Crippen molar-refractivity contribution in [3.63, 3.8) is 0 Å². The summed E-state index contributed by atoms with van der Waals surface area (Å²) >= 11 is 0. The highest BCUT2D eigenvalue weighted by atomic mass is 32.2. The van der Waals surface area contributed by atoms with Crippen LogP contribution in [0.4, 0.5) is 11.4 Å². The molecule has 0 saturated heterocycles. The number of nitrogens with one attached hydrogen (secondary N) is 2. The summed E-state index contributed by atoms with van der Waals surface area (Å²) in [5.41, 5.74) is 1.75. The van der Waals surface area contributed by atoms with Crippen molar-refractivity contribution in [3.05, 3.63) is 83.9 Å². The molecule has 3 aromatic rings. The van der Waals surface area contributed by atoms with Crippen molar-refractivity contribution in [2.45, 2.75) is 18.7 Å². The summed E-state index contributed by atoms with van der Waals surface area (Å²) in [5.74, 6) is 0.0524. The van der Waals surface area contributed by atoms with Crippen LogP contribution in [0.15, 0.2) is 77.7 Å². The lowest BCUT2D eigenvalue weighted by Gasteiger charge is -2.15. The highest BCUT2D eigenvalue weighted by Gasteiger charge is 2.21. The average molecular weight is 410 g/mol. The van der Waals surface area contributed by atoms with Crippen LogP contribution in [0, 0.1) is 6.92 Å². The van der Waals surface area contributed by atoms with E-state index in [-0.39, 0.29) is 16.4 Å². The number of hydrogen-bond donors (Lipinski definition) is 2. The molecule has 0 saturated carbocycles. The van der Waals surface area contributed by atoms with Crippen molar-refractivity contribution in [3.8, 4) is 5.75 Å². The molecule has 0 unspecified atom stereocenters. The van der Waals surface area contributed by atoms with Gasteiger partial charge in [-0.1, -0.05) is 36.4 Å². The minimum absolute atomic E-state index is 0.0320. The lowest BCUT2D eigenvalue weighted by atomic mass is 10.1. The molecule has 0 fully saturated rings. The molecule has 0 aromatic heterocycles. The van der Waals surface area contributed by atoms with Gasteiger partial charge in [0.05, 0.1) is 17.2 Å². The van der Waals surface area contributed by atoms with Crippen LogP contribution in [0.1, 0.15) is 22.8 Å².